The number of rotatable bonds is 9. The monoisotopic (exact) mass is 386 g/mol. The molecule has 2 aromatic rings. The predicted octanol–water partition coefficient (Wildman–Crippen LogP) is 3.47. The topological polar surface area (TPSA) is 69.6 Å². The molecule has 0 unspecified atom stereocenters. The molecular formula is C22H30N2O4. The number of carbonyl (C=O) groups is 2. The summed E-state index contributed by atoms with van der Waals surface area (Å²) in [7, 11) is 1.91. The van der Waals surface area contributed by atoms with Crippen molar-refractivity contribution in [2.24, 2.45) is 7.05 Å². The first-order valence-electron chi connectivity index (χ1n) is 9.69. The Hall–Kier alpha value is -2.76. The molecule has 1 N–H and O–H groups in total. The van der Waals surface area contributed by atoms with Gasteiger partial charge in [-0.1, -0.05) is 12.1 Å². The van der Waals surface area contributed by atoms with Crippen molar-refractivity contribution in [1.29, 1.82) is 0 Å². The lowest BCUT2D eigenvalue weighted by molar-refractivity contribution is -0.121. The average Bonchev–Trinajstić information content (AvgIpc) is 2.88. The standard InChI is InChI=1S/C22H30N2O4/c1-6-27-18-10-8-17(9-11-18)14-23-20(25)13-12-19-15(3)21(16(4)24(19)5)22(26)28-7-2/h8-11H,6-7,12-14H2,1-5H3,(H,23,25). The van der Waals surface area contributed by atoms with Crippen molar-refractivity contribution < 1.29 is 19.1 Å². The van der Waals surface area contributed by atoms with Crippen LogP contribution in [-0.2, 0) is 29.5 Å². The molecule has 6 heteroatoms. The van der Waals surface area contributed by atoms with Crippen LogP contribution in [0.1, 0.15) is 53.1 Å². The van der Waals surface area contributed by atoms with E-state index in [1.165, 1.54) is 0 Å². The van der Waals surface area contributed by atoms with E-state index in [4.69, 9.17) is 9.47 Å². The smallest absolute Gasteiger partial charge is 0.340 e. The second-order valence-electron chi connectivity index (χ2n) is 6.67. The number of carbonyl (C=O) groups excluding carboxylic acids is 2. The van der Waals surface area contributed by atoms with Crippen LogP contribution in [0.3, 0.4) is 0 Å². The largest absolute Gasteiger partial charge is 0.494 e. The summed E-state index contributed by atoms with van der Waals surface area (Å²) in [5.41, 5.74) is 4.36. The highest BCUT2D eigenvalue weighted by Crippen LogP contribution is 2.23. The van der Waals surface area contributed by atoms with Crippen LogP contribution in [0.5, 0.6) is 5.75 Å². The van der Waals surface area contributed by atoms with Gasteiger partial charge in [-0.2, -0.15) is 0 Å². The van der Waals surface area contributed by atoms with Crippen molar-refractivity contribution in [3.05, 3.63) is 52.3 Å². The Morgan fingerprint density at radius 3 is 2.36 bits per heavy atom. The van der Waals surface area contributed by atoms with Crippen LogP contribution < -0.4 is 10.1 Å². The van der Waals surface area contributed by atoms with Gasteiger partial charge in [-0.15, -0.1) is 0 Å². The van der Waals surface area contributed by atoms with Crippen molar-refractivity contribution >= 4 is 11.9 Å². The van der Waals surface area contributed by atoms with E-state index in [-0.39, 0.29) is 11.9 Å². The van der Waals surface area contributed by atoms with Gasteiger partial charge >= 0.3 is 5.97 Å². The minimum Gasteiger partial charge on any atom is -0.494 e. The van der Waals surface area contributed by atoms with E-state index in [0.29, 0.717) is 38.2 Å². The summed E-state index contributed by atoms with van der Waals surface area (Å²) >= 11 is 0. The average molecular weight is 386 g/mol. The van der Waals surface area contributed by atoms with Crippen LogP contribution in [0.15, 0.2) is 24.3 Å². The number of ether oxygens (including phenoxy) is 2. The summed E-state index contributed by atoms with van der Waals surface area (Å²) in [4.78, 5) is 24.5. The second kappa shape index (κ2) is 9.97. The molecule has 0 atom stereocenters. The molecule has 0 fully saturated rings. The summed E-state index contributed by atoms with van der Waals surface area (Å²) < 4.78 is 12.5. The normalized spacial score (nSPS) is 10.6. The number of nitrogens with one attached hydrogen (secondary N) is 1. The molecule has 0 saturated heterocycles. The SMILES string of the molecule is CCOC(=O)c1c(C)c(CCC(=O)NCc2ccc(OCC)cc2)n(C)c1C. The van der Waals surface area contributed by atoms with Crippen molar-refractivity contribution in [3.63, 3.8) is 0 Å². The van der Waals surface area contributed by atoms with Gasteiger partial charge in [-0.05, 0) is 57.4 Å². The van der Waals surface area contributed by atoms with Crippen LogP contribution in [0, 0.1) is 13.8 Å². The van der Waals surface area contributed by atoms with Crippen molar-refractivity contribution in [2.75, 3.05) is 13.2 Å². The van der Waals surface area contributed by atoms with E-state index in [1.807, 2.05) is 56.7 Å². The van der Waals surface area contributed by atoms with E-state index >= 15 is 0 Å². The maximum Gasteiger partial charge on any atom is 0.340 e. The van der Waals surface area contributed by atoms with Gasteiger partial charge in [0.2, 0.25) is 5.91 Å². The van der Waals surface area contributed by atoms with Gasteiger partial charge in [0.15, 0.2) is 0 Å². The van der Waals surface area contributed by atoms with Gasteiger partial charge in [0, 0.05) is 31.4 Å². The van der Waals surface area contributed by atoms with Crippen LogP contribution in [0.25, 0.3) is 0 Å². The van der Waals surface area contributed by atoms with Crippen molar-refractivity contribution in [3.8, 4) is 5.75 Å². The van der Waals surface area contributed by atoms with Crippen LogP contribution in [0.4, 0.5) is 0 Å². The molecule has 0 saturated carbocycles. The highest BCUT2D eigenvalue weighted by molar-refractivity contribution is 5.93. The third-order valence-electron chi connectivity index (χ3n) is 4.87. The number of nitrogens with zero attached hydrogens (tertiary/aromatic N) is 1. The molecule has 6 nitrogen and oxygen atoms in total. The van der Waals surface area contributed by atoms with Gasteiger partial charge in [0.05, 0.1) is 18.8 Å². The fraction of sp³-hybridized carbons (Fsp3) is 0.455. The van der Waals surface area contributed by atoms with Gasteiger partial charge in [-0.3, -0.25) is 4.79 Å². The Labute approximate surface area is 166 Å². The fourth-order valence-electron chi connectivity index (χ4n) is 3.29. The lowest BCUT2D eigenvalue weighted by atomic mass is 10.1. The molecule has 0 spiro atoms. The Morgan fingerprint density at radius 1 is 1.07 bits per heavy atom. The van der Waals surface area contributed by atoms with Crippen molar-refractivity contribution in [1.82, 2.24) is 9.88 Å². The Morgan fingerprint density at radius 2 is 1.75 bits per heavy atom. The molecule has 1 aromatic carbocycles. The number of amides is 1. The minimum absolute atomic E-state index is 0.0233. The molecule has 0 radical (unpaired) electrons. The zero-order valence-electron chi connectivity index (χ0n) is 17.4. The summed E-state index contributed by atoms with van der Waals surface area (Å²) in [5.74, 6) is 0.494. The van der Waals surface area contributed by atoms with Gasteiger partial charge in [-0.25, -0.2) is 4.79 Å². The van der Waals surface area contributed by atoms with Gasteiger partial charge in [0.1, 0.15) is 5.75 Å². The Bertz CT molecular complexity index is 822. The van der Waals surface area contributed by atoms with E-state index in [9.17, 15) is 9.59 Å². The molecule has 152 valence electrons. The van der Waals surface area contributed by atoms with E-state index in [1.54, 1.807) is 6.92 Å². The molecule has 1 heterocycles. The first kappa shape index (κ1) is 21.5. The molecule has 0 aliphatic heterocycles. The summed E-state index contributed by atoms with van der Waals surface area (Å²) in [5, 5.41) is 2.94. The summed E-state index contributed by atoms with van der Waals surface area (Å²) in [6.07, 6.45) is 0.926. The molecule has 1 amide bonds. The van der Waals surface area contributed by atoms with Crippen LogP contribution >= 0.6 is 0 Å². The molecule has 0 aliphatic carbocycles. The van der Waals surface area contributed by atoms with Crippen molar-refractivity contribution in [2.45, 2.75) is 47.1 Å². The van der Waals surface area contributed by atoms with Gasteiger partial charge < -0.3 is 19.4 Å². The molecule has 1 aromatic heterocycles. The number of esters is 1. The van der Waals surface area contributed by atoms with E-state index in [0.717, 1.165) is 28.3 Å². The maximum absolute atomic E-state index is 12.3. The number of hydrogen-bond acceptors (Lipinski definition) is 4. The molecule has 0 aliphatic rings. The van der Waals surface area contributed by atoms with Gasteiger partial charge in [0.25, 0.3) is 0 Å². The lowest BCUT2D eigenvalue weighted by Gasteiger charge is -2.09. The Balaban J connectivity index is 1.93. The minimum atomic E-state index is -0.306. The van der Waals surface area contributed by atoms with E-state index in [2.05, 4.69) is 5.32 Å². The predicted molar refractivity (Wildman–Crippen MR) is 109 cm³/mol. The highest BCUT2D eigenvalue weighted by Gasteiger charge is 2.22. The lowest BCUT2D eigenvalue weighted by Crippen LogP contribution is -2.23. The molecule has 0 bridgehead atoms. The molecular weight excluding hydrogens is 356 g/mol. The third kappa shape index (κ3) is 5.15. The summed E-state index contributed by atoms with van der Waals surface area (Å²) in [6.45, 7) is 8.99. The highest BCUT2D eigenvalue weighted by atomic mass is 16.5. The third-order valence-corrected chi connectivity index (χ3v) is 4.87. The number of aromatic nitrogens is 1. The first-order valence-corrected chi connectivity index (χ1v) is 9.69. The number of benzene rings is 1. The van der Waals surface area contributed by atoms with Crippen LogP contribution in [-0.4, -0.2) is 29.7 Å². The zero-order chi connectivity index (χ0) is 20.7. The second-order valence-corrected chi connectivity index (χ2v) is 6.67. The molecule has 28 heavy (non-hydrogen) atoms. The molecule has 2 rings (SSSR count). The number of hydrogen-bond donors (Lipinski definition) is 1. The van der Waals surface area contributed by atoms with E-state index < -0.39 is 0 Å². The first-order chi connectivity index (χ1) is 13.4. The zero-order valence-corrected chi connectivity index (χ0v) is 17.4. The maximum atomic E-state index is 12.3. The van der Waals surface area contributed by atoms with Crippen LogP contribution in [0.2, 0.25) is 0 Å². The quantitative estimate of drug-likeness (QED) is 0.670. The summed E-state index contributed by atoms with van der Waals surface area (Å²) in [6, 6.07) is 7.69. The Kier molecular flexibility index (Phi) is 7.67. The fourth-order valence-corrected chi connectivity index (χ4v) is 3.29.